The molecule has 0 spiro atoms. The highest BCUT2D eigenvalue weighted by molar-refractivity contribution is 14.0. The Morgan fingerprint density at radius 3 is 2.41 bits per heavy atom. The standard InChI is InChI=1S/C22H35N7OS.HI/c1-6-20-25-22(31-26-20)29-14-12-28(13-15-29)21(23-7-2)24-16-19(27(3)4)17-8-10-18(30-5)11-9-17;/h8-11,19H,6-7,12-16H2,1-5H3,(H,23,24);1H. The fourth-order valence-corrected chi connectivity index (χ4v) is 4.42. The first-order valence-electron chi connectivity index (χ1n) is 11.0. The average Bonchev–Trinajstić information content (AvgIpc) is 3.28. The van der Waals surface area contributed by atoms with Crippen LogP contribution in [0.15, 0.2) is 29.3 Å². The van der Waals surface area contributed by atoms with E-state index in [-0.39, 0.29) is 30.0 Å². The monoisotopic (exact) mass is 573 g/mol. The van der Waals surface area contributed by atoms with Gasteiger partial charge in [-0.1, -0.05) is 19.1 Å². The first-order chi connectivity index (χ1) is 15.0. The SMILES string of the molecule is CCNC(=NCC(c1ccc(OC)cc1)N(C)C)N1CCN(c2nc(CC)ns2)CC1.I. The summed E-state index contributed by atoms with van der Waals surface area (Å²) >= 11 is 1.50. The van der Waals surface area contributed by atoms with Crippen LogP contribution in [0.3, 0.4) is 0 Å². The normalized spacial score (nSPS) is 15.5. The molecule has 10 heteroatoms. The second-order valence-corrected chi connectivity index (χ2v) is 8.50. The Labute approximate surface area is 213 Å². The number of anilines is 1. The Balaban J connectivity index is 0.00000363. The summed E-state index contributed by atoms with van der Waals surface area (Å²) in [4.78, 5) is 16.5. The Morgan fingerprint density at radius 2 is 1.88 bits per heavy atom. The van der Waals surface area contributed by atoms with Crippen molar-refractivity contribution in [3.63, 3.8) is 0 Å². The predicted molar refractivity (Wildman–Crippen MR) is 144 cm³/mol. The second-order valence-electron chi connectivity index (χ2n) is 7.77. The number of benzene rings is 1. The molecule has 1 fully saturated rings. The lowest BCUT2D eigenvalue weighted by atomic mass is 10.1. The number of aryl methyl sites for hydroxylation is 1. The van der Waals surface area contributed by atoms with Crippen LogP contribution in [0.5, 0.6) is 5.75 Å². The summed E-state index contributed by atoms with van der Waals surface area (Å²) in [5.41, 5.74) is 1.23. The van der Waals surface area contributed by atoms with E-state index in [9.17, 15) is 0 Å². The minimum Gasteiger partial charge on any atom is -0.497 e. The van der Waals surface area contributed by atoms with Crippen LogP contribution in [0.25, 0.3) is 0 Å². The van der Waals surface area contributed by atoms with Crippen LogP contribution < -0.4 is 15.0 Å². The number of piperazine rings is 1. The fraction of sp³-hybridized carbons (Fsp3) is 0.591. The van der Waals surface area contributed by atoms with Gasteiger partial charge in [0, 0.05) is 50.7 Å². The number of methoxy groups -OCH3 is 1. The largest absolute Gasteiger partial charge is 0.497 e. The molecule has 2 aromatic rings. The highest BCUT2D eigenvalue weighted by atomic mass is 127. The first-order valence-corrected chi connectivity index (χ1v) is 11.7. The van der Waals surface area contributed by atoms with Crippen LogP contribution in [0, 0.1) is 0 Å². The van der Waals surface area contributed by atoms with E-state index in [1.165, 1.54) is 17.1 Å². The fourth-order valence-electron chi connectivity index (χ4n) is 3.62. The summed E-state index contributed by atoms with van der Waals surface area (Å²) in [5, 5.41) is 4.51. The van der Waals surface area contributed by atoms with Gasteiger partial charge < -0.3 is 24.8 Å². The molecule has 1 aromatic carbocycles. The van der Waals surface area contributed by atoms with Gasteiger partial charge in [-0.3, -0.25) is 4.99 Å². The third-order valence-corrected chi connectivity index (χ3v) is 6.31. The molecule has 32 heavy (non-hydrogen) atoms. The molecule has 1 aromatic heterocycles. The predicted octanol–water partition coefficient (Wildman–Crippen LogP) is 3.12. The first kappa shape index (κ1) is 26.6. The van der Waals surface area contributed by atoms with E-state index in [1.807, 2.05) is 12.1 Å². The van der Waals surface area contributed by atoms with E-state index in [0.29, 0.717) is 6.54 Å². The van der Waals surface area contributed by atoms with Crippen molar-refractivity contribution in [2.75, 3.05) is 65.4 Å². The average molecular weight is 574 g/mol. The summed E-state index contributed by atoms with van der Waals surface area (Å²) in [7, 11) is 5.89. The smallest absolute Gasteiger partial charge is 0.205 e. The highest BCUT2D eigenvalue weighted by Crippen LogP contribution is 2.22. The molecule has 0 radical (unpaired) electrons. The van der Waals surface area contributed by atoms with Crippen LogP contribution in [-0.2, 0) is 6.42 Å². The van der Waals surface area contributed by atoms with Gasteiger partial charge in [-0.25, -0.2) is 4.98 Å². The second kappa shape index (κ2) is 13.1. The molecule has 1 aliphatic heterocycles. The minimum absolute atomic E-state index is 0. The van der Waals surface area contributed by atoms with Gasteiger partial charge in [-0.05, 0) is 38.7 Å². The van der Waals surface area contributed by atoms with Crippen molar-refractivity contribution in [2.24, 2.45) is 4.99 Å². The van der Waals surface area contributed by atoms with Crippen LogP contribution in [0.1, 0.15) is 31.3 Å². The van der Waals surface area contributed by atoms with Crippen LogP contribution >= 0.6 is 35.5 Å². The van der Waals surface area contributed by atoms with E-state index in [4.69, 9.17) is 9.73 Å². The lowest BCUT2D eigenvalue weighted by Gasteiger charge is -2.36. The molecule has 0 bridgehead atoms. The molecule has 3 rings (SSSR count). The molecule has 1 unspecified atom stereocenters. The van der Waals surface area contributed by atoms with Crippen LogP contribution in [-0.4, -0.2) is 85.6 Å². The Bertz CT molecular complexity index is 835. The molecular weight excluding hydrogens is 537 g/mol. The maximum Gasteiger partial charge on any atom is 0.205 e. The molecular formula is C22H36IN7OS. The number of hydrogen-bond acceptors (Lipinski definition) is 7. The van der Waals surface area contributed by atoms with E-state index >= 15 is 0 Å². The van der Waals surface area contributed by atoms with E-state index in [0.717, 1.165) is 61.8 Å². The minimum atomic E-state index is 0. The molecule has 1 saturated heterocycles. The number of likely N-dealkylation sites (N-methyl/N-ethyl adjacent to an activating group) is 1. The summed E-state index contributed by atoms with van der Waals surface area (Å²) in [6.07, 6.45) is 0.884. The number of guanidine groups is 1. The number of aromatic nitrogens is 2. The molecule has 1 aliphatic rings. The summed E-state index contributed by atoms with van der Waals surface area (Å²) < 4.78 is 9.72. The Morgan fingerprint density at radius 1 is 1.19 bits per heavy atom. The van der Waals surface area contributed by atoms with Crippen molar-refractivity contribution in [1.82, 2.24) is 24.5 Å². The lowest BCUT2D eigenvalue weighted by Crippen LogP contribution is -2.52. The summed E-state index contributed by atoms with van der Waals surface area (Å²) in [5.74, 6) is 2.79. The topological polar surface area (TPSA) is 69.1 Å². The van der Waals surface area contributed by atoms with Gasteiger partial charge in [0.2, 0.25) is 5.13 Å². The van der Waals surface area contributed by atoms with Gasteiger partial charge >= 0.3 is 0 Å². The van der Waals surface area contributed by atoms with Crippen molar-refractivity contribution < 1.29 is 4.74 Å². The van der Waals surface area contributed by atoms with Crippen molar-refractivity contribution in [1.29, 1.82) is 0 Å². The van der Waals surface area contributed by atoms with Gasteiger partial charge in [0.05, 0.1) is 19.7 Å². The number of nitrogens with zero attached hydrogens (tertiary/aromatic N) is 6. The zero-order valence-corrected chi connectivity index (χ0v) is 22.9. The number of hydrogen-bond donors (Lipinski definition) is 1. The Kier molecular flexibility index (Phi) is 10.9. The molecule has 1 atom stereocenters. The van der Waals surface area contributed by atoms with Crippen molar-refractivity contribution in [3.8, 4) is 5.75 Å². The summed E-state index contributed by atoms with van der Waals surface area (Å²) in [6, 6.07) is 8.47. The van der Waals surface area contributed by atoms with Crippen LogP contribution in [0.2, 0.25) is 0 Å². The third kappa shape index (κ3) is 6.92. The molecule has 8 nitrogen and oxygen atoms in total. The van der Waals surface area contributed by atoms with Gasteiger partial charge in [-0.2, -0.15) is 4.37 Å². The molecule has 2 heterocycles. The number of aliphatic imine (C=N–C) groups is 1. The number of nitrogens with one attached hydrogen (secondary N) is 1. The maximum atomic E-state index is 5.30. The zero-order chi connectivity index (χ0) is 22.2. The number of ether oxygens (including phenoxy) is 1. The molecule has 0 saturated carbocycles. The molecule has 0 aliphatic carbocycles. The van der Waals surface area contributed by atoms with Crippen molar-refractivity contribution >= 4 is 46.6 Å². The van der Waals surface area contributed by atoms with E-state index in [2.05, 4.69) is 69.4 Å². The quantitative estimate of drug-likeness (QED) is 0.296. The van der Waals surface area contributed by atoms with E-state index < -0.39 is 0 Å². The summed E-state index contributed by atoms with van der Waals surface area (Å²) in [6.45, 7) is 9.45. The molecule has 1 N–H and O–H groups in total. The van der Waals surface area contributed by atoms with E-state index in [1.54, 1.807) is 7.11 Å². The van der Waals surface area contributed by atoms with Crippen molar-refractivity contribution in [2.45, 2.75) is 26.3 Å². The van der Waals surface area contributed by atoms with Gasteiger partial charge in [0.25, 0.3) is 0 Å². The maximum absolute atomic E-state index is 5.30. The zero-order valence-electron chi connectivity index (χ0n) is 19.7. The third-order valence-electron chi connectivity index (χ3n) is 5.50. The molecule has 0 amide bonds. The van der Waals surface area contributed by atoms with Gasteiger partial charge in [-0.15, -0.1) is 24.0 Å². The van der Waals surface area contributed by atoms with Crippen molar-refractivity contribution in [3.05, 3.63) is 35.7 Å². The van der Waals surface area contributed by atoms with Gasteiger partial charge in [0.1, 0.15) is 11.6 Å². The number of halogens is 1. The van der Waals surface area contributed by atoms with Crippen LogP contribution in [0.4, 0.5) is 5.13 Å². The lowest BCUT2D eigenvalue weighted by molar-refractivity contribution is 0.303. The number of rotatable bonds is 8. The Hall–Kier alpha value is -1.66. The highest BCUT2D eigenvalue weighted by Gasteiger charge is 2.23. The van der Waals surface area contributed by atoms with Gasteiger partial charge in [0.15, 0.2) is 5.96 Å². The molecule has 178 valence electrons.